The molecule has 160 valence electrons. The lowest BCUT2D eigenvalue weighted by atomic mass is 10.1. The molecule has 0 fully saturated rings. The zero-order chi connectivity index (χ0) is 22.2. The molecule has 4 aromatic rings. The molecule has 0 unspecified atom stereocenters. The van der Waals surface area contributed by atoms with E-state index in [1.807, 2.05) is 24.3 Å². The third kappa shape index (κ3) is 3.49. The number of carbonyl (C=O) groups excluding carboxylic acids is 1. The Hall–Kier alpha value is -3.76. The summed E-state index contributed by atoms with van der Waals surface area (Å²) < 4.78 is 5.92. The van der Waals surface area contributed by atoms with E-state index in [4.69, 9.17) is 28.9 Å². The largest absolute Gasteiger partial charge is 0.378 e. The monoisotopic (exact) mass is 468 g/mol. The quantitative estimate of drug-likeness (QED) is 0.438. The number of carbonyl (C=O) groups is 1. The maximum atomic E-state index is 13.0. The molecule has 2 aromatic heterocycles. The highest BCUT2D eigenvalue weighted by Gasteiger charge is 2.26. The number of aryl methyl sites for hydroxylation is 1. The van der Waals surface area contributed by atoms with Crippen molar-refractivity contribution >= 4 is 40.6 Å². The zero-order valence-electron chi connectivity index (χ0n) is 16.3. The standard InChI is InChI=1S/C20H14Cl2N8O2/c21-13-7-5-11(9-14(13)22)17-16(25-29-30(17)19-18(23)27-32-28-19)20(31)26-24-15-8-6-10-3-1-2-4-12(10)15/h1-5,7,9H,6,8H2,(H2,23,27)(H,26,31)/b24-15+. The minimum atomic E-state index is -0.566. The van der Waals surface area contributed by atoms with Gasteiger partial charge < -0.3 is 5.73 Å². The van der Waals surface area contributed by atoms with Crippen molar-refractivity contribution in [2.75, 3.05) is 5.73 Å². The maximum Gasteiger partial charge on any atom is 0.294 e. The van der Waals surface area contributed by atoms with Crippen molar-refractivity contribution in [3.63, 3.8) is 0 Å². The number of hydrogen-bond donors (Lipinski definition) is 2. The van der Waals surface area contributed by atoms with Gasteiger partial charge in [0.25, 0.3) is 5.91 Å². The van der Waals surface area contributed by atoms with Gasteiger partial charge in [0, 0.05) is 11.1 Å². The number of halogens is 2. The lowest BCUT2D eigenvalue weighted by Crippen LogP contribution is -2.21. The Labute approximate surface area is 191 Å². The summed E-state index contributed by atoms with van der Waals surface area (Å²) in [6.45, 7) is 0. The molecule has 1 aliphatic rings. The van der Waals surface area contributed by atoms with Crippen molar-refractivity contribution < 1.29 is 9.42 Å². The van der Waals surface area contributed by atoms with E-state index in [0.29, 0.717) is 10.6 Å². The molecular formula is C20H14Cl2N8O2. The van der Waals surface area contributed by atoms with E-state index < -0.39 is 5.91 Å². The molecule has 2 heterocycles. The molecular weight excluding hydrogens is 455 g/mol. The highest BCUT2D eigenvalue weighted by atomic mass is 35.5. The SMILES string of the molecule is Nc1nonc1-n1nnc(C(=O)N/N=C2\CCc3ccccc32)c1-c1ccc(Cl)c(Cl)c1. The minimum Gasteiger partial charge on any atom is -0.378 e. The predicted molar refractivity (Wildman–Crippen MR) is 118 cm³/mol. The van der Waals surface area contributed by atoms with E-state index in [9.17, 15) is 4.79 Å². The van der Waals surface area contributed by atoms with Crippen LogP contribution in [0, 0.1) is 0 Å². The molecule has 0 radical (unpaired) electrons. The summed E-state index contributed by atoms with van der Waals surface area (Å²) in [5.74, 6) is -0.510. The number of aromatic nitrogens is 5. The van der Waals surface area contributed by atoms with Crippen LogP contribution in [0.15, 0.2) is 52.2 Å². The summed E-state index contributed by atoms with van der Waals surface area (Å²) in [7, 11) is 0. The van der Waals surface area contributed by atoms with E-state index in [-0.39, 0.29) is 28.0 Å². The van der Waals surface area contributed by atoms with Crippen LogP contribution in [0.1, 0.15) is 28.0 Å². The number of hydrazone groups is 1. The Morgan fingerprint density at radius 1 is 1.12 bits per heavy atom. The van der Waals surface area contributed by atoms with Gasteiger partial charge in [0.15, 0.2) is 5.69 Å². The summed E-state index contributed by atoms with van der Waals surface area (Å²) in [4.78, 5) is 13.0. The summed E-state index contributed by atoms with van der Waals surface area (Å²) in [6, 6.07) is 12.8. The number of benzene rings is 2. The Balaban J connectivity index is 1.55. The molecule has 12 heteroatoms. The van der Waals surface area contributed by atoms with Gasteiger partial charge in [0.1, 0.15) is 5.69 Å². The van der Waals surface area contributed by atoms with Crippen LogP contribution in [0.5, 0.6) is 0 Å². The summed E-state index contributed by atoms with van der Waals surface area (Å²) in [5, 5.41) is 20.3. The molecule has 0 atom stereocenters. The number of nitrogen functional groups attached to an aromatic ring is 1. The first-order valence-corrected chi connectivity index (χ1v) is 10.2. The van der Waals surface area contributed by atoms with Crippen LogP contribution >= 0.6 is 23.2 Å². The molecule has 5 rings (SSSR count). The minimum absolute atomic E-state index is 0.0126. The van der Waals surface area contributed by atoms with Crippen LogP contribution in [-0.4, -0.2) is 36.9 Å². The second-order valence-corrected chi connectivity index (χ2v) is 7.77. The van der Waals surface area contributed by atoms with Crippen molar-refractivity contribution in [2.45, 2.75) is 12.8 Å². The molecule has 1 aliphatic carbocycles. The fourth-order valence-electron chi connectivity index (χ4n) is 3.52. The first kappa shape index (κ1) is 20.2. The van der Waals surface area contributed by atoms with Crippen LogP contribution in [0.3, 0.4) is 0 Å². The van der Waals surface area contributed by atoms with E-state index in [2.05, 4.69) is 35.8 Å². The van der Waals surface area contributed by atoms with Crippen LogP contribution in [0.25, 0.3) is 17.1 Å². The molecule has 0 spiro atoms. The number of fused-ring (bicyclic) bond motifs is 1. The lowest BCUT2D eigenvalue weighted by Gasteiger charge is -2.07. The van der Waals surface area contributed by atoms with Gasteiger partial charge in [-0.3, -0.25) is 4.79 Å². The van der Waals surface area contributed by atoms with Crippen molar-refractivity contribution in [3.8, 4) is 17.1 Å². The van der Waals surface area contributed by atoms with Gasteiger partial charge in [-0.15, -0.1) is 5.10 Å². The van der Waals surface area contributed by atoms with Gasteiger partial charge in [-0.25, -0.2) is 10.1 Å². The number of anilines is 1. The number of nitrogens with zero attached hydrogens (tertiary/aromatic N) is 6. The Morgan fingerprint density at radius 2 is 1.97 bits per heavy atom. The summed E-state index contributed by atoms with van der Waals surface area (Å²) in [6.07, 6.45) is 1.60. The van der Waals surface area contributed by atoms with Crippen molar-refractivity contribution in [1.82, 2.24) is 30.7 Å². The molecule has 2 aromatic carbocycles. The zero-order valence-corrected chi connectivity index (χ0v) is 17.8. The Kier molecular flexibility index (Phi) is 5.08. The molecule has 3 N–H and O–H groups in total. The van der Waals surface area contributed by atoms with Crippen molar-refractivity contribution in [3.05, 3.63) is 69.3 Å². The van der Waals surface area contributed by atoms with E-state index in [1.165, 1.54) is 10.2 Å². The second kappa shape index (κ2) is 8.06. The maximum absolute atomic E-state index is 13.0. The number of nitrogens with one attached hydrogen (secondary N) is 1. The highest BCUT2D eigenvalue weighted by molar-refractivity contribution is 6.42. The third-order valence-corrected chi connectivity index (χ3v) is 5.77. The lowest BCUT2D eigenvalue weighted by molar-refractivity contribution is 0.0950. The van der Waals surface area contributed by atoms with Crippen LogP contribution in [0.4, 0.5) is 5.82 Å². The van der Waals surface area contributed by atoms with Gasteiger partial charge in [-0.1, -0.05) is 58.7 Å². The number of amides is 1. The fourth-order valence-corrected chi connectivity index (χ4v) is 3.82. The smallest absolute Gasteiger partial charge is 0.294 e. The summed E-state index contributed by atoms with van der Waals surface area (Å²) >= 11 is 12.2. The van der Waals surface area contributed by atoms with Crippen molar-refractivity contribution in [2.24, 2.45) is 5.10 Å². The van der Waals surface area contributed by atoms with E-state index in [1.54, 1.807) is 18.2 Å². The number of rotatable bonds is 4. The van der Waals surface area contributed by atoms with Crippen molar-refractivity contribution in [1.29, 1.82) is 0 Å². The van der Waals surface area contributed by atoms with Gasteiger partial charge in [0.2, 0.25) is 11.6 Å². The average molecular weight is 469 g/mol. The normalized spacial score (nSPS) is 14.0. The fraction of sp³-hybridized carbons (Fsp3) is 0.100. The van der Waals surface area contributed by atoms with Gasteiger partial charge in [-0.05, 0) is 40.9 Å². The molecule has 0 saturated carbocycles. The Bertz CT molecular complexity index is 1380. The first-order chi connectivity index (χ1) is 15.5. The van der Waals surface area contributed by atoms with Crippen LogP contribution in [0.2, 0.25) is 10.0 Å². The van der Waals surface area contributed by atoms with Crippen LogP contribution < -0.4 is 11.2 Å². The topological polar surface area (TPSA) is 137 Å². The van der Waals surface area contributed by atoms with E-state index >= 15 is 0 Å². The van der Waals surface area contributed by atoms with Gasteiger partial charge in [0.05, 0.1) is 15.8 Å². The number of hydrogen-bond acceptors (Lipinski definition) is 8. The predicted octanol–water partition coefficient (Wildman–Crippen LogP) is 3.29. The van der Waals surface area contributed by atoms with Gasteiger partial charge >= 0.3 is 0 Å². The number of nitrogens with two attached hydrogens (primary N) is 1. The average Bonchev–Trinajstić information content (AvgIpc) is 3.52. The molecule has 0 saturated heterocycles. The molecule has 32 heavy (non-hydrogen) atoms. The highest BCUT2D eigenvalue weighted by Crippen LogP contribution is 2.31. The molecule has 0 bridgehead atoms. The van der Waals surface area contributed by atoms with Crippen LogP contribution in [-0.2, 0) is 6.42 Å². The second-order valence-electron chi connectivity index (χ2n) is 6.96. The summed E-state index contributed by atoms with van der Waals surface area (Å²) in [5.41, 5.74) is 12.2. The third-order valence-electron chi connectivity index (χ3n) is 5.03. The molecule has 1 amide bonds. The van der Waals surface area contributed by atoms with Gasteiger partial charge in [-0.2, -0.15) is 9.78 Å². The molecule has 10 nitrogen and oxygen atoms in total. The Morgan fingerprint density at radius 3 is 2.75 bits per heavy atom. The molecule has 0 aliphatic heterocycles. The van der Waals surface area contributed by atoms with E-state index in [0.717, 1.165) is 24.1 Å². The first-order valence-electron chi connectivity index (χ1n) is 9.47.